The molecule has 0 aliphatic carbocycles. The van der Waals surface area contributed by atoms with Crippen LogP contribution in [0.2, 0.25) is 0 Å². The fourth-order valence-corrected chi connectivity index (χ4v) is 3.09. The minimum Gasteiger partial charge on any atom is -0.356 e. The standard InChI is InChI=1S/C17H26N4O3/c1-4-12(2)18-16(22)14-11-15(20-13(3)19-14)21-7-5-17(6-8-21)23-9-10-24-17/h11-12H,4-10H2,1-3H3,(H,18,22). The van der Waals surface area contributed by atoms with Gasteiger partial charge in [0.2, 0.25) is 0 Å². The van der Waals surface area contributed by atoms with Crippen LogP contribution >= 0.6 is 0 Å². The van der Waals surface area contributed by atoms with Gasteiger partial charge in [0.25, 0.3) is 5.91 Å². The fourth-order valence-electron chi connectivity index (χ4n) is 3.09. The Morgan fingerprint density at radius 1 is 1.33 bits per heavy atom. The van der Waals surface area contributed by atoms with Gasteiger partial charge < -0.3 is 19.7 Å². The average molecular weight is 334 g/mol. The highest BCUT2D eigenvalue weighted by atomic mass is 16.7. The summed E-state index contributed by atoms with van der Waals surface area (Å²) >= 11 is 0. The van der Waals surface area contributed by atoms with Crippen molar-refractivity contribution in [2.75, 3.05) is 31.2 Å². The average Bonchev–Trinajstić information content (AvgIpc) is 3.03. The van der Waals surface area contributed by atoms with E-state index in [1.54, 1.807) is 6.07 Å². The summed E-state index contributed by atoms with van der Waals surface area (Å²) < 4.78 is 11.5. The maximum absolute atomic E-state index is 12.3. The highest BCUT2D eigenvalue weighted by Gasteiger charge is 2.40. The molecule has 0 radical (unpaired) electrons. The molecule has 0 saturated carbocycles. The first kappa shape index (κ1) is 17.1. The lowest BCUT2D eigenvalue weighted by atomic mass is 10.0. The van der Waals surface area contributed by atoms with Gasteiger partial charge in [0.1, 0.15) is 17.3 Å². The number of nitrogens with one attached hydrogen (secondary N) is 1. The van der Waals surface area contributed by atoms with Crippen molar-refractivity contribution < 1.29 is 14.3 Å². The molecule has 3 heterocycles. The second-order valence-electron chi connectivity index (χ2n) is 6.54. The van der Waals surface area contributed by atoms with E-state index in [1.165, 1.54) is 0 Å². The van der Waals surface area contributed by atoms with Crippen molar-refractivity contribution in [1.29, 1.82) is 0 Å². The molecule has 2 aliphatic heterocycles. The largest absolute Gasteiger partial charge is 0.356 e. The van der Waals surface area contributed by atoms with Gasteiger partial charge in [-0.15, -0.1) is 0 Å². The van der Waals surface area contributed by atoms with Crippen molar-refractivity contribution in [1.82, 2.24) is 15.3 Å². The summed E-state index contributed by atoms with van der Waals surface area (Å²) in [6.07, 6.45) is 2.51. The van der Waals surface area contributed by atoms with Crippen LogP contribution in [0.25, 0.3) is 0 Å². The van der Waals surface area contributed by atoms with E-state index < -0.39 is 5.79 Å². The number of anilines is 1. The molecule has 3 rings (SSSR count). The number of piperidine rings is 1. The van der Waals surface area contributed by atoms with Gasteiger partial charge in [0, 0.05) is 38.0 Å². The lowest BCUT2D eigenvalue weighted by Crippen LogP contribution is -2.45. The number of amides is 1. The number of aryl methyl sites for hydroxylation is 1. The van der Waals surface area contributed by atoms with Gasteiger partial charge >= 0.3 is 0 Å². The Balaban J connectivity index is 1.71. The zero-order valence-corrected chi connectivity index (χ0v) is 14.7. The number of ether oxygens (including phenoxy) is 2. The summed E-state index contributed by atoms with van der Waals surface area (Å²) in [7, 11) is 0. The van der Waals surface area contributed by atoms with Crippen LogP contribution in [0, 0.1) is 6.92 Å². The van der Waals surface area contributed by atoms with Crippen LogP contribution in [0.4, 0.5) is 5.82 Å². The SMILES string of the molecule is CCC(C)NC(=O)c1cc(N2CCC3(CC2)OCCO3)nc(C)n1. The molecule has 24 heavy (non-hydrogen) atoms. The maximum Gasteiger partial charge on any atom is 0.270 e. The Hall–Kier alpha value is -1.73. The molecule has 1 aromatic heterocycles. The molecule has 7 heteroatoms. The van der Waals surface area contributed by atoms with Gasteiger partial charge in [-0.1, -0.05) is 6.92 Å². The van der Waals surface area contributed by atoms with E-state index >= 15 is 0 Å². The normalized spacial score (nSPS) is 21.0. The number of carbonyl (C=O) groups is 1. The van der Waals surface area contributed by atoms with Gasteiger partial charge in [-0.3, -0.25) is 4.79 Å². The maximum atomic E-state index is 12.3. The van der Waals surface area contributed by atoms with E-state index in [-0.39, 0.29) is 11.9 Å². The van der Waals surface area contributed by atoms with E-state index in [0.717, 1.165) is 38.2 Å². The zero-order chi connectivity index (χ0) is 17.2. The zero-order valence-electron chi connectivity index (χ0n) is 14.7. The van der Waals surface area contributed by atoms with E-state index in [2.05, 4.69) is 20.2 Å². The first-order valence-electron chi connectivity index (χ1n) is 8.71. The minimum absolute atomic E-state index is 0.128. The number of aromatic nitrogens is 2. The molecule has 7 nitrogen and oxygen atoms in total. The van der Waals surface area contributed by atoms with Crippen molar-refractivity contribution >= 4 is 11.7 Å². The van der Waals surface area contributed by atoms with Crippen LogP contribution in [0.3, 0.4) is 0 Å². The molecular weight excluding hydrogens is 308 g/mol. The van der Waals surface area contributed by atoms with Crippen molar-refractivity contribution in [3.8, 4) is 0 Å². The van der Waals surface area contributed by atoms with Gasteiger partial charge in [-0.05, 0) is 20.3 Å². The van der Waals surface area contributed by atoms with Crippen molar-refractivity contribution in [3.05, 3.63) is 17.6 Å². The monoisotopic (exact) mass is 334 g/mol. The highest BCUT2D eigenvalue weighted by Crippen LogP contribution is 2.32. The quantitative estimate of drug-likeness (QED) is 0.902. The molecule has 2 aliphatic rings. The number of carbonyl (C=O) groups excluding carboxylic acids is 1. The summed E-state index contributed by atoms with van der Waals surface area (Å²) in [6.45, 7) is 8.78. The molecule has 0 bridgehead atoms. The van der Waals surface area contributed by atoms with Crippen LogP contribution in [0.5, 0.6) is 0 Å². The molecule has 1 spiro atoms. The molecule has 1 N–H and O–H groups in total. The first-order valence-corrected chi connectivity index (χ1v) is 8.71. The first-order chi connectivity index (χ1) is 11.5. The predicted octanol–water partition coefficient (Wildman–Crippen LogP) is 1.66. The second-order valence-corrected chi connectivity index (χ2v) is 6.54. The molecule has 2 saturated heterocycles. The van der Waals surface area contributed by atoms with Crippen molar-refractivity contribution in [2.45, 2.75) is 51.9 Å². The van der Waals surface area contributed by atoms with Gasteiger partial charge in [-0.2, -0.15) is 0 Å². The van der Waals surface area contributed by atoms with Crippen LogP contribution in [-0.4, -0.2) is 54.0 Å². The lowest BCUT2D eigenvalue weighted by Gasteiger charge is -2.38. The Kier molecular flexibility index (Phi) is 5.01. The van der Waals surface area contributed by atoms with Crippen LogP contribution in [0.15, 0.2) is 6.07 Å². The van der Waals surface area contributed by atoms with Gasteiger partial charge in [0.15, 0.2) is 5.79 Å². The topological polar surface area (TPSA) is 76.6 Å². The van der Waals surface area contributed by atoms with Crippen molar-refractivity contribution in [3.63, 3.8) is 0 Å². The molecule has 132 valence electrons. The molecule has 1 atom stereocenters. The van der Waals surface area contributed by atoms with E-state index in [1.807, 2.05) is 20.8 Å². The second kappa shape index (κ2) is 7.03. The van der Waals surface area contributed by atoms with Crippen LogP contribution in [-0.2, 0) is 9.47 Å². The fraction of sp³-hybridized carbons (Fsp3) is 0.706. The number of rotatable bonds is 4. The summed E-state index contributed by atoms with van der Waals surface area (Å²) in [5, 5.41) is 2.96. The molecule has 1 amide bonds. The summed E-state index contributed by atoms with van der Waals surface area (Å²) in [4.78, 5) is 23.3. The summed E-state index contributed by atoms with van der Waals surface area (Å²) in [5.74, 6) is 0.849. The molecule has 0 aromatic carbocycles. The van der Waals surface area contributed by atoms with E-state index in [4.69, 9.17) is 9.47 Å². The van der Waals surface area contributed by atoms with Gasteiger partial charge in [-0.25, -0.2) is 9.97 Å². The lowest BCUT2D eigenvalue weighted by molar-refractivity contribution is -0.169. The third-order valence-corrected chi connectivity index (χ3v) is 4.71. The van der Waals surface area contributed by atoms with Crippen LogP contribution in [0.1, 0.15) is 49.4 Å². The number of hydrogen-bond donors (Lipinski definition) is 1. The Morgan fingerprint density at radius 2 is 2.00 bits per heavy atom. The molecule has 1 aromatic rings. The highest BCUT2D eigenvalue weighted by molar-refractivity contribution is 5.93. The summed E-state index contributed by atoms with van der Waals surface area (Å²) in [5.41, 5.74) is 0.423. The Labute approximate surface area is 142 Å². The summed E-state index contributed by atoms with van der Waals surface area (Å²) in [6, 6.07) is 1.90. The Morgan fingerprint density at radius 3 is 2.62 bits per heavy atom. The minimum atomic E-state index is -0.407. The van der Waals surface area contributed by atoms with E-state index in [0.29, 0.717) is 24.7 Å². The molecule has 2 fully saturated rings. The third kappa shape index (κ3) is 3.67. The van der Waals surface area contributed by atoms with Crippen LogP contribution < -0.4 is 10.2 Å². The molecular formula is C17H26N4O3. The van der Waals surface area contributed by atoms with Crippen molar-refractivity contribution in [2.24, 2.45) is 0 Å². The molecule has 1 unspecified atom stereocenters. The number of nitrogens with zero attached hydrogens (tertiary/aromatic N) is 3. The smallest absolute Gasteiger partial charge is 0.270 e. The predicted molar refractivity (Wildman–Crippen MR) is 90.1 cm³/mol. The van der Waals surface area contributed by atoms with Gasteiger partial charge in [0.05, 0.1) is 13.2 Å². The Bertz CT molecular complexity index is 591. The number of hydrogen-bond acceptors (Lipinski definition) is 6. The third-order valence-electron chi connectivity index (χ3n) is 4.71. The van der Waals surface area contributed by atoms with E-state index in [9.17, 15) is 4.79 Å².